The van der Waals surface area contributed by atoms with Crippen LogP contribution in [0.1, 0.15) is 21.5 Å². The van der Waals surface area contributed by atoms with Crippen molar-refractivity contribution in [3.8, 4) is 0 Å². The summed E-state index contributed by atoms with van der Waals surface area (Å²) in [6, 6.07) is 15.9. The lowest BCUT2D eigenvalue weighted by molar-refractivity contribution is 0.0861. The molecular formula is C20H17FN2O3. The Balaban J connectivity index is 1.76. The van der Waals surface area contributed by atoms with Crippen molar-refractivity contribution >= 4 is 11.6 Å². The molecule has 6 heteroatoms. The Morgan fingerprint density at radius 2 is 1.81 bits per heavy atom. The molecule has 0 aliphatic rings. The van der Waals surface area contributed by atoms with Gasteiger partial charge in [-0.3, -0.25) is 9.59 Å². The third-order valence-corrected chi connectivity index (χ3v) is 3.88. The van der Waals surface area contributed by atoms with Crippen LogP contribution in [-0.2, 0) is 6.61 Å². The second-order valence-electron chi connectivity index (χ2n) is 5.71. The molecule has 0 unspecified atom stereocenters. The summed E-state index contributed by atoms with van der Waals surface area (Å²) in [6.07, 6.45) is 1.45. The molecule has 0 atom stereocenters. The van der Waals surface area contributed by atoms with Crippen LogP contribution in [0.5, 0.6) is 0 Å². The molecule has 0 aliphatic carbocycles. The third kappa shape index (κ3) is 3.97. The maximum atomic E-state index is 12.9. The number of hydrogen-bond acceptors (Lipinski definition) is 3. The molecule has 1 N–H and O–H groups in total. The van der Waals surface area contributed by atoms with E-state index in [4.69, 9.17) is 4.84 Å². The molecule has 1 amide bonds. The van der Waals surface area contributed by atoms with Crippen molar-refractivity contribution in [2.45, 2.75) is 13.5 Å². The van der Waals surface area contributed by atoms with E-state index in [-0.39, 0.29) is 12.2 Å². The number of nitrogens with zero attached hydrogens (tertiary/aromatic N) is 1. The zero-order valence-electron chi connectivity index (χ0n) is 14.1. The number of halogens is 1. The predicted molar refractivity (Wildman–Crippen MR) is 96.5 cm³/mol. The van der Waals surface area contributed by atoms with Gasteiger partial charge in [0.2, 0.25) is 0 Å². The first-order valence-corrected chi connectivity index (χ1v) is 8.01. The maximum Gasteiger partial charge on any atom is 0.295 e. The molecule has 1 aromatic heterocycles. The standard InChI is InChI=1S/C20H17FN2O3/c1-14-5-2-3-6-15(14)13-26-23-12-4-7-18(20(23)25)19(24)22-17-10-8-16(21)9-11-17/h2-12H,13H2,1H3,(H,22,24). The van der Waals surface area contributed by atoms with E-state index < -0.39 is 17.3 Å². The lowest BCUT2D eigenvalue weighted by atomic mass is 10.1. The summed E-state index contributed by atoms with van der Waals surface area (Å²) < 4.78 is 14.0. The van der Waals surface area contributed by atoms with E-state index in [0.29, 0.717) is 5.69 Å². The topological polar surface area (TPSA) is 60.3 Å². The van der Waals surface area contributed by atoms with Gasteiger partial charge in [0.15, 0.2) is 0 Å². The summed E-state index contributed by atoms with van der Waals surface area (Å²) in [5.41, 5.74) is 1.75. The van der Waals surface area contributed by atoms with E-state index in [1.54, 1.807) is 6.07 Å². The number of hydrogen-bond donors (Lipinski definition) is 1. The maximum absolute atomic E-state index is 12.9. The van der Waals surface area contributed by atoms with E-state index in [1.165, 1.54) is 36.5 Å². The monoisotopic (exact) mass is 352 g/mol. The molecule has 0 saturated heterocycles. The third-order valence-electron chi connectivity index (χ3n) is 3.88. The molecule has 0 bridgehead atoms. The lowest BCUT2D eigenvalue weighted by Crippen LogP contribution is -2.32. The fraction of sp³-hybridized carbons (Fsp3) is 0.100. The van der Waals surface area contributed by atoms with Crippen LogP contribution < -0.4 is 15.7 Å². The van der Waals surface area contributed by atoms with Crippen molar-refractivity contribution in [1.82, 2.24) is 4.73 Å². The number of carbonyl (C=O) groups is 1. The largest absolute Gasteiger partial charge is 0.406 e. The first kappa shape index (κ1) is 17.4. The highest BCUT2D eigenvalue weighted by molar-refractivity contribution is 6.03. The van der Waals surface area contributed by atoms with E-state index in [0.717, 1.165) is 15.9 Å². The molecule has 26 heavy (non-hydrogen) atoms. The normalized spacial score (nSPS) is 10.4. The molecule has 3 rings (SSSR count). The molecule has 0 radical (unpaired) electrons. The van der Waals surface area contributed by atoms with E-state index >= 15 is 0 Å². The van der Waals surface area contributed by atoms with Gasteiger partial charge >= 0.3 is 0 Å². The minimum atomic E-state index is -0.588. The van der Waals surface area contributed by atoms with E-state index in [1.807, 2.05) is 31.2 Å². The molecule has 1 heterocycles. The number of aryl methyl sites for hydroxylation is 1. The van der Waals surface area contributed by atoms with Gasteiger partial charge in [0.05, 0.1) is 0 Å². The fourth-order valence-corrected chi connectivity index (χ4v) is 2.39. The molecule has 132 valence electrons. The SMILES string of the molecule is Cc1ccccc1COn1cccc(C(=O)Nc2ccc(F)cc2)c1=O. The quantitative estimate of drug-likeness (QED) is 0.767. The van der Waals surface area contributed by atoms with Crippen molar-refractivity contribution in [2.24, 2.45) is 0 Å². The van der Waals surface area contributed by atoms with Crippen LogP contribution in [0.15, 0.2) is 71.7 Å². The van der Waals surface area contributed by atoms with Crippen molar-refractivity contribution in [3.05, 3.63) is 99.7 Å². The number of amides is 1. The molecule has 0 aliphatic heterocycles. The molecule has 2 aromatic carbocycles. The Hall–Kier alpha value is -3.41. The summed E-state index contributed by atoms with van der Waals surface area (Å²) in [5, 5.41) is 2.56. The highest BCUT2D eigenvalue weighted by atomic mass is 19.1. The van der Waals surface area contributed by atoms with Crippen LogP contribution in [0.2, 0.25) is 0 Å². The highest BCUT2D eigenvalue weighted by Gasteiger charge is 2.13. The highest BCUT2D eigenvalue weighted by Crippen LogP contribution is 2.10. The van der Waals surface area contributed by atoms with Crippen LogP contribution in [-0.4, -0.2) is 10.6 Å². The predicted octanol–water partition coefficient (Wildman–Crippen LogP) is 3.18. The van der Waals surface area contributed by atoms with Crippen molar-refractivity contribution in [2.75, 3.05) is 5.32 Å². The van der Waals surface area contributed by atoms with Crippen LogP contribution in [0.4, 0.5) is 10.1 Å². The summed E-state index contributed by atoms with van der Waals surface area (Å²) >= 11 is 0. The Morgan fingerprint density at radius 1 is 1.08 bits per heavy atom. The minimum Gasteiger partial charge on any atom is -0.406 e. The van der Waals surface area contributed by atoms with Crippen molar-refractivity contribution in [3.63, 3.8) is 0 Å². The number of anilines is 1. The Labute approximate surface area is 149 Å². The zero-order valence-corrected chi connectivity index (χ0v) is 14.1. The molecular weight excluding hydrogens is 335 g/mol. The van der Waals surface area contributed by atoms with Crippen molar-refractivity contribution < 1.29 is 14.0 Å². The van der Waals surface area contributed by atoms with E-state index in [2.05, 4.69) is 5.32 Å². The average molecular weight is 352 g/mol. The Bertz CT molecular complexity index is 981. The van der Waals surface area contributed by atoms with Gasteiger partial charge < -0.3 is 10.2 Å². The summed E-state index contributed by atoms with van der Waals surface area (Å²) in [4.78, 5) is 30.3. The second-order valence-corrected chi connectivity index (χ2v) is 5.71. The first-order valence-electron chi connectivity index (χ1n) is 8.01. The van der Waals surface area contributed by atoms with Crippen molar-refractivity contribution in [1.29, 1.82) is 0 Å². The molecule has 0 spiro atoms. The Kier molecular flexibility index (Phi) is 5.12. The van der Waals surface area contributed by atoms with E-state index in [9.17, 15) is 14.0 Å². The summed E-state index contributed by atoms with van der Waals surface area (Å²) in [6.45, 7) is 2.16. The lowest BCUT2D eigenvalue weighted by Gasteiger charge is -2.11. The van der Waals surface area contributed by atoms with Gasteiger partial charge in [-0.15, -0.1) is 0 Å². The second kappa shape index (κ2) is 7.65. The van der Waals surface area contributed by atoms with Crippen LogP contribution >= 0.6 is 0 Å². The number of aromatic nitrogens is 1. The van der Waals surface area contributed by atoms with Gasteiger partial charge in [-0.25, -0.2) is 4.39 Å². The minimum absolute atomic E-state index is 0.0680. The fourth-order valence-electron chi connectivity index (χ4n) is 2.39. The first-order chi connectivity index (χ1) is 12.5. The number of benzene rings is 2. The van der Waals surface area contributed by atoms with Crippen LogP contribution in [0, 0.1) is 12.7 Å². The van der Waals surface area contributed by atoms with Gasteiger partial charge in [0.25, 0.3) is 11.5 Å². The van der Waals surface area contributed by atoms with Crippen LogP contribution in [0.3, 0.4) is 0 Å². The number of rotatable bonds is 5. The summed E-state index contributed by atoms with van der Waals surface area (Å²) in [5.74, 6) is -0.995. The zero-order chi connectivity index (χ0) is 18.5. The smallest absolute Gasteiger partial charge is 0.295 e. The average Bonchev–Trinajstić information content (AvgIpc) is 2.64. The number of nitrogens with one attached hydrogen (secondary N) is 1. The summed E-state index contributed by atoms with van der Waals surface area (Å²) in [7, 11) is 0. The Morgan fingerprint density at radius 3 is 2.54 bits per heavy atom. The van der Waals surface area contributed by atoms with Gasteiger partial charge in [-0.05, 0) is 54.4 Å². The number of pyridine rings is 1. The molecule has 5 nitrogen and oxygen atoms in total. The van der Waals surface area contributed by atoms with Crippen LogP contribution in [0.25, 0.3) is 0 Å². The molecule has 3 aromatic rings. The number of carbonyl (C=O) groups excluding carboxylic acids is 1. The van der Waals surface area contributed by atoms with Gasteiger partial charge in [0, 0.05) is 11.9 Å². The molecule has 0 fully saturated rings. The molecule has 0 saturated carbocycles. The van der Waals surface area contributed by atoms with Gasteiger partial charge in [0.1, 0.15) is 18.0 Å². The van der Waals surface area contributed by atoms with Gasteiger partial charge in [-0.2, -0.15) is 4.73 Å². The van der Waals surface area contributed by atoms with Gasteiger partial charge in [-0.1, -0.05) is 24.3 Å².